The molecule has 0 aromatic heterocycles. The highest BCUT2D eigenvalue weighted by molar-refractivity contribution is 7.92. The molecule has 1 aromatic rings. The number of sulfonamides is 1. The Balaban J connectivity index is 1.94. The molecule has 1 fully saturated rings. The van der Waals surface area contributed by atoms with Gasteiger partial charge in [-0.1, -0.05) is 0 Å². The molecule has 1 atom stereocenters. The highest BCUT2D eigenvalue weighted by atomic mass is 32.2. The zero-order valence-corrected chi connectivity index (χ0v) is 15.6. The molecule has 2 rings (SSSR count). The molecule has 1 amide bonds. The average molecular weight is 371 g/mol. The van der Waals surface area contributed by atoms with Crippen molar-refractivity contribution in [1.29, 1.82) is 0 Å². The van der Waals surface area contributed by atoms with Crippen LogP contribution in [0.2, 0.25) is 0 Å². The first-order valence-corrected chi connectivity index (χ1v) is 10.4. The van der Waals surface area contributed by atoms with Gasteiger partial charge in [0.1, 0.15) is 11.9 Å². The van der Waals surface area contributed by atoms with E-state index in [0.29, 0.717) is 6.54 Å². The molecule has 0 radical (unpaired) electrons. The summed E-state index contributed by atoms with van der Waals surface area (Å²) >= 11 is 0. The maximum absolute atomic E-state index is 13.1. The van der Waals surface area contributed by atoms with Crippen molar-refractivity contribution in [3.63, 3.8) is 0 Å². The summed E-state index contributed by atoms with van der Waals surface area (Å²) in [6.45, 7) is 5.18. The van der Waals surface area contributed by atoms with Gasteiger partial charge in [-0.3, -0.25) is 9.10 Å². The van der Waals surface area contributed by atoms with E-state index < -0.39 is 21.9 Å². The van der Waals surface area contributed by atoms with Gasteiger partial charge >= 0.3 is 0 Å². The maximum Gasteiger partial charge on any atom is 0.243 e. The molecule has 1 saturated heterocycles. The number of hydrogen-bond donors (Lipinski definition) is 1. The quantitative estimate of drug-likeness (QED) is 0.705. The molecule has 0 spiro atoms. The van der Waals surface area contributed by atoms with Gasteiger partial charge in [0.25, 0.3) is 0 Å². The van der Waals surface area contributed by atoms with Gasteiger partial charge in [0.05, 0.1) is 11.9 Å². The van der Waals surface area contributed by atoms with Crippen LogP contribution in [0.25, 0.3) is 0 Å². The molecule has 1 N–H and O–H groups in total. The summed E-state index contributed by atoms with van der Waals surface area (Å²) < 4.78 is 38.3. The second-order valence-electron chi connectivity index (χ2n) is 6.40. The minimum Gasteiger partial charge on any atom is -0.354 e. The van der Waals surface area contributed by atoms with E-state index in [1.807, 2.05) is 0 Å². The molecule has 1 aromatic carbocycles. The molecule has 1 heterocycles. The van der Waals surface area contributed by atoms with E-state index in [1.165, 1.54) is 44.0 Å². The van der Waals surface area contributed by atoms with E-state index in [9.17, 15) is 17.6 Å². The van der Waals surface area contributed by atoms with Crippen LogP contribution in [0.4, 0.5) is 10.1 Å². The Morgan fingerprint density at radius 1 is 1.28 bits per heavy atom. The van der Waals surface area contributed by atoms with Crippen molar-refractivity contribution < 1.29 is 17.6 Å². The van der Waals surface area contributed by atoms with Gasteiger partial charge in [0, 0.05) is 6.54 Å². The summed E-state index contributed by atoms with van der Waals surface area (Å²) in [7, 11) is -3.68. The van der Waals surface area contributed by atoms with E-state index in [4.69, 9.17) is 0 Å². The van der Waals surface area contributed by atoms with Crippen LogP contribution in [-0.4, -0.2) is 57.7 Å². The molecule has 1 aliphatic heterocycles. The third-order valence-corrected chi connectivity index (χ3v) is 5.56. The summed E-state index contributed by atoms with van der Waals surface area (Å²) in [4.78, 5) is 14.7. The van der Waals surface area contributed by atoms with Crippen molar-refractivity contribution in [3.8, 4) is 0 Å². The molecular formula is C17H26FN3O3S. The van der Waals surface area contributed by atoms with Crippen molar-refractivity contribution in [3.05, 3.63) is 30.1 Å². The molecule has 0 bridgehead atoms. The SMILES string of the molecule is C[C@H](C(=O)NCCCN1CCCC1)N(c1ccc(F)cc1)S(C)(=O)=O. The van der Waals surface area contributed by atoms with Gasteiger partial charge in [0.15, 0.2) is 0 Å². The molecular weight excluding hydrogens is 345 g/mol. The number of amides is 1. The molecule has 140 valence electrons. The normalized spacial score (nSPS) is 16.6. The minimum absolute atomic E-state index is 0.267. The third kappa shape index (κ3) is 5.67. The monoisotopic (exact) mass is 371 g/mol. The molecule has 0 unspecified atom stereocenters. The van der Waals surface area contributed by atoms with Crippen molar-refractivity contribution in [1.82, 2.24) is 10.2 Å². The van der Waals surface area contributed by atoms with Crippen LogP contribution in [0, 0.1) is 5.82 Å². The number of anilines is 1. The van der Waals surface area contributed by atoms with Gasteiger partial charge in [-0.15, -0.1) is 0 Å². The number of likely N-dealkylation sites (tertiary alicyclic amines) is 1. The van der Waals surface area contributed by atoms with Gasteiger partial charge in [-0.25, -0.2) is 12.8 Å². The van der Waals surface area contributed by atoms with Crippen LogP contribution in [0.15, 0.2) is 24.3 Å². The van der Waals surface area contributed by atoms with Crippen LogP contribution in [-0.2, 0) is 14.8 Å². The summed E-state index contributed by atoms with van der Waals surface area (Å²) in [5.74, 6) is -0.826. The van der Waals surface area contributed by atoms with E-state index >= 15 is 0 Å². The first-order valence-electron chi connectivity index (χ1n) is 8.54. The standard InChI is InChI=1S/C17H26FN3O3S/c1-14(17(22)19-10-5-13-20-11-3-4-12-20)21(25(2,23)24)16-8-6-15(18)7-9-16/h6-9,14H,3-5,10-13H2,1-2H3,(H,19,22)/t14-/m1/s1. The fraction of sp³-hybridized carbons (Fsp3) is 0.588. The van der Waals surface area contributed by atoms with Crippen LogP contribution < -0.4 is 9.62 Å². The number of carbonyl (C=O) groups is 1. The number of benzene rings is 1. The Morgan fingerprint density at radius 3 is 2.44 bits per heavy atom. The average Bonchev–Trinajstić information content (AvgIpc) is 3.05. The van der Waals surface area contributed by atoms with Crippen LogP contribution >= 0.6 is 0 Å². The lowest BCUT2D eigenvalue weighted by atomic mass is 10.2. The van der Waals surface area contributed by atoms with E-state index in [0.717, 1.165) is 36.6 Å². The lowest BCUT2D eigenvalue weighted by molar-refractivity contribution is -0.121. The predicted octanol–water partition coefficient (Wildman–Crippen LogP) is 1.58. The van der Waals surface area contributed by atoms with Gasteiger partial charge in [-0.05, 0) is 70.1 Å². The van der Waals surface area contributed by atoms with Crippen LogP contribution in [0.5, 0.6) is 0 Å². The predicted molar refractivity (Wildman–Crippen MR) is 96.5 cm³/mol. The fourth-order valence-corrected chi connectivity index (χ4v) is 4.24. The number of nitrogens with one attached hydrogen (secondary N) is 1. The van der Waals surface area contributed by atoms with Crippen molar-refractivity contribution in [2.45, 2.75) is 32.2 Å². The number of carbonyl (C=O) groups excluding carboxylic acids is 1. The largest absolute Gasteiger partial charge is 0.354 e. The van der Waals surface area contributed by atoms with Gasteiger partial charge in [0.2, 0.25) is 15.9 Å². The molecule has 6 nitrogen and oxygen atoms in total. The lowest BCUT2D eigenvalue weighted by Gasteiger charge is -2.28. The summed E-state index contributed by atoms with van der Waals surface area (Å²) in [6.07, 6.45) is 4.32. The van der Waals surface area contributed by atoms with Gasteiger partial charge < -0.3 is 10.2 Å². The molecule has 0 saturated carbocycles. The first kappa shape index (κ1) is 19.7. The minimum atomic E-state index is -3.68. The summed E-state index contributed by atoms with van der Waals surface area (Å²) in [5.41, 5.74) is 0.267. The molecule has 8 heteroatoms. The zero-order chi connectivity index (χ0) is 18.4. The van der Waals surface area contributed by atoms with E-state index in [-0.39, 0.29) is 11.6 Å². The zero-order valence-electron chi connectivity index (χ0n) is 14.7. The van der Waals surface area contributed by atoms with Crippen molar-refractivity contribution in [2.24, 2.45) is 0 Å². The number of halogens is 1. The van der Waals surface area contributed by atoms with Crippen molar-refractivity contribution in [2.75, 3.05) is 36.7 Å². The Labute approximate surface area is 149 Å². The van der Waals surface area contributed by atoms with Crippen molar-refractivity contribution >= 4 is 21.6 Å². The van der Waals surface area contributed by atoms with Crippen LogP contribution in [0.3, 0.4) is 0 Å². The highest BCUT2D eigenvalue weighted by Gasteiger charge is 2.28. The molecule has 0 aliphatic carbocycles. The van der Waals surface area contributed by atoms with Crippen LogP contribution in [0.1, 0.15) is 26.2 Å². The molecule has 25 heavy (non-hydrogen) atoms. The molecule has 1 aliphatic rings. The van der Waals surface area contributed by atoms with E-state index in [1.54, 1.807) is 0 Å². The summed E-state index contributed by atoms with van der Waals surface area (Å²) in [6, 6.07) is 4.15. The second kappa shape index (κ2) is 8.62. The summed E-state index contributed by atoms with van der Waals surface area (Å²) in [5, 5.41) is 2.79. The number of rotatable bonds is 8. The number of hydrogen-bond acceptors (Lipinski definition) is 4. The smallest absolute Gasteiger partial charge is 0.243 e. The number of nitrogens with zero attached hydrogens (tertiary/aromatic N) is 2. The first-order chi connectivity index (χ1) is 11.8. The maximum atomic E-state index is 13.1. The topological polar surface area (TPSA) is 69.7 Å². The Kier molecular flexibility index (Phi) is 6.78. The lowest BCUT2D eigenvalue weighted by Crippen LogP contribution is -2.48. The van der Waals surface area contributed by atoms with Gasteiger partial charge in [-0.2, -0.15) is 0 Å². The second-order valence-corrected chi connectivity index (χ2v) is 8.26. The fourth-order valence-electron chi connectivity index (χ4n) is 3.06. The Bertz CT molecular complexity index is 673. The van der Waals surface area contributed by atoms with E-state index in [2.05, 4.69) is 10.2 Å². The highest BCUT2D eigenvalue weighted by Crippen LogP contribution is 2.21. The Morgan fingerprint density at radius 2 is 1.88 bits per heavy atom. The Hall–Kier alpha value is -1.67. The third-order valence-electron chi connectivity index (χ3n) is 4.32.